The van der Waals surface area contributed by atoms with Gasteiger partial charge in [0.1, 0.15) is 23.0 Å². The first-order chi connectivity index (χ1) is 22.0. The van der Waals surface area contributed by atoms with E-state index in [1.807, 2.05) is 0 Å². The number of rotatable bonds is 4. The molecule has 0 aliphatic heterocycles. The minimum atomic E-state index is -0.211. The minimum Gasteiger partial charge on any atom is -0.165 e. The summed E-state index contributed by atoms with van der Waals surface area (Å²) in [4.78, 5) is 0. The van der Waals surface area contributed by atoms with Crippen molar-refractivity contribution in [2.24, 2.45) is 0 Å². The molecule has 8 heteroatoms. The molecule has 0 N–H and O–H groups in total. The number of fused-ring (bicyclic) bond motifs is 2. The largest absolute Gasteiger partial charge is 0.165 e. The number of methoxy groups -OCH3 is 4. The maximum absolute atomic E-state index is 11.2. The van der Waals surface area contributed by atoms with E-state index in [0.717, 1.165) is 0 Å². The van der Waals surface area contributed by atoms with Crippen LogP contribution in [0.4, 0.5) is 0 Å². The summed E-state index contributed by atoms with van der Waals surface area (Å²) in [6.07, 6.45) is 0. The standard InChI is InChI=1S/2C10H9.2C8H10O3.C2H6Si.Zr/c2*1-8-6-9-4-2-3-5-10(9)7-8;2*1-10-6-4-3-5-7(11-2)8(6)9;1-3-2;/h2*2-7H,1H3;2*3-5,9H,1-2H3;1-2H3;/q2*-1;;;;+2/p-2. The summed E-state index contributed by atoms with van der Waals surface area (Å²) < 4.78 is 19.2. The third-order valence-electron chi connectivity index (χ3n) is 6.29. The fourth-order valence-corrected chi connectivity index (χ4v) is 4.25. The molecule has 0 radical (unpaired) electrons. The summed E-state index contributed by atoms with van der Waals surface area (Å²) in [5, 5.41) is 27.8. The molecule has 0 aliphatic rings. The summed E-state index contributed by atoms with van der Waals surface area (Å²) in [5.74, 6) is 0.817. The Labute approximate surface area is 288 Å². The van der Waals surface area contributed by atoms with Gasteiger partial charge in [0.05, 0.1) is 28.4 Å². The van der Waals surface area contributed by atoms with Crippen LogP contribution in [0, 0.1) is 13.8 Å². The van der Waals surface area contributed by atoms with Crippen LogP contribution in [-0.4, -0.2) is 33.9 Å². The molecule has 6 aromatic carbocycles. The zero-order valence-corrected chi connectivity index (χ0v) is 31.3. The van der Waals surface area contributed by atoms with Crippen molar-refractivity contribution in [1.82, 2.24) is 0 Å². The average molecular weight is 714 g/mol. The molecule has 46 heavy (non-hydrogen) atoms. The topological polar surface area (TPSA) is 83.0 Å². The van der Waals surface area contributed by atoms with Crippen LogP contribution in [0.5, 0.6) is 34.5 Å². The molecule has 0 saturated carbocycles. The van der Waals surface area contributed by atoms with Crippen molar-refractivity contribution in [2.45, 2.75) is 26.9 Å². The van der Waals surface area contributed by atoms with E-state index >= 15 is 0 Å². The SMILES string of the molecule is COc1cccc(OC)c1[O-].COc1cccc(OC)c1[O-].C[Si](C)=[Zr+2].Cc1cc2ccccc2[cH-]1.Cc1cc2ccccc2[cH-]1. The van der Waals surface area contributed by atoms with E-state index in [0.29, 0.717) is 23.0 Å². The number of benzene rings is 4. The molecule has 0 aliphatic carbocycles. The van der Waals surface area contributed by atoms with Gasteiger partial charge in [-0.3, -0.25) is 0 Å². The molecule has 0 aromatic heterocycles. The van der Waals surface area contributed by atoms with Gasteiger partial charge in [0.15, 0.2) is 0 Å². The molecule has 6 aromatic rings. The number of para-hydroxylation sites is 2. The van der Waals surface area contributed by atoms with Gasteiger partial charge in [0.2, 0.25) is 0 Å². The molecule has 0 bridgehead atoms. The minimum absolute atomic E-state index is 0.210. The fraction of sp³-hybridized carbons (Fsp3) is 0.211. The molecular weight excluding hydrogens is 672 g/mol. The van der Waals surface area contributed by atoms with Gasteiger partial charge in [0, 0.05) is 0 Å². The summed E-state index contributed by atoms with van der Waals surface area (Å²) in [7, 11) is 5.82. The van der Waals surface area contributed by atoms with Crippen LogP contribution in [0.25, 0.3) is 21.5 Å². The Kier molecular flexibility index (Phi) is 16.8. The zero-order chi connectivity index (χ0) is 34.1. The third-order valence-corrected chi connectivity index (χ3v) is 6.29. The van der Waals surface area contributed by atoms with E-state index in [1.54, 1.807) is 59.7 Å². The quantitative estimate of drug-likeness (QED) is 0.136. The van der Waals surface area contributed by atoms with Gasteiger partial charge in [-0.25, -0.2) is 0 Å². The Morgan fingerprint density at radius 1 is 0.522 bits per heavy atom. The summed E-state index contributed by atoms with van der Waals surface area (Å²) in [6.45, 7) is 8.87. The number of hydrogen-bond donors (Lipinski definition) is 0. The fourth-order valence-electron chi connectivity index (χ4n) is 4.25. The predicted octanol–water partition coefficient (Wildman–Crippen LogP) is 8.07. The summed E-state index contributed by atoms with van der Waals surface area (Å²) in [6, 6.07) is 35.5. The molecule has 6 rings (SSSR count). The van der Waals surface area contributed by atoms with Crippen LogP contribution in [0.3, 0.4) is 0 Å². The Hall–Kier alpha value is -4.00. The van der Waals surface area contributed by atoms with Gasteiger partial charge in [-0.1, -0.05) is 38.1 Å². The first-order valence-corrected chi connectivity index (χ1v) is 20.7. The maximum atomic E-state index is 11.2. The van der Waals surface area contributed by atoms with Crippen LogP contribution in [0.15, 0.2) is 109 Å². The number of ether oxygens (including phenoxy) is 4. The normalized spacial score (nSPS) is 9.61. The van der Waals surface area contributed by atoms with Gasteiger partial charge >= 0.3 is 41.9 Å². The van der Waals surface area contributed by atoms with Crippen molar-refractivity contribution in [3.05, 3.63) is 120 Å². The van der Waals surface area contributed by atoms with Crippen LogP contribution < -0.4 is 29.2 Å². The Morgan fingerprint density at radius 2 is 0.804 bits per heavy atom. The third kappa shape index (κ3) is 12.4. The molecular formula is C38H42O6SiZr-2. The molecule has 0 atom stereocenters. The summed E-state index contributed by atoms with van der Waals surface area (Å²) >= 11 is 1.74. The second kappa shape index (κ2) is 20.2. The summed E-state index contributed by atoms with van der Waals surface area (Å²) in [5.41, 5.74) is 2.91. The Morgan fingerprint density at radius 3 is 1.07 bits per heavy atom. The second-order valence-electron chi connectivity index (χ2n) is 10.3. The predicted molar refractivity (Wildman–Crippen MR) is 184 cm³/mol. The van der Waals surface area contributed by atoms with E-state index in [-0.39, 0.29) is 16.9 Å². The van der Waals surface area contributed by atoms with Crippen LogP contribution >= 0.6 is 0 Å². The van der Waals surface area contributed by atoms with Crippen LogP contribution in [0.2, 0.25) is 13.1 Å². The van der Waals surface area contributed by atoms with E-state index in [2.05, 4.69) is 99.7 Å². The van der Waals surface area contributed by atoms with E-state index in [4.69, 9.17) is 18.9 Å². The molecule has 6 nitrogen and oxygen atoms in total. The molecule has 0 amide bonds. The van der Waals surface area contributed by atoms with Crippen molar-refractivity contribution in [3.8, 4) is 34.5 Å². The number of aryl methyl sites for hydroxylation is 2. The van der Waals surface area contributed by atoms with E-state index in [9.17, 15) is 10.2 Å². The maximum Gasteiger partial charge on any atom is -0.0579 e. The molecule has 0 spiro atoms. The molecule has 0 unspecified atom stereocenters. The van der Waals surface area contributed by atoms with E-state index < -0.39 is 0 Å². The van der Waals surface area contributed by atoms with Gasteiger partial charge < -0.3 is 29.2 Å². The van der Waals surface area contributed by atoms with Crippen molar-refractivity contribution in [1.29, 1.82) is 0 Å². The van der Waals surface area contributed by atoms with Gasteiger partial charge in [-0.15, -0.1) is 81.2 Å². The van der Waals surface area contributed by atoms with Crippen molar-refractivity contribution < 1.29 is 52.5 Å². The first kappa shape index (κ1) is 38.2. The van der Waals surface area contributed by atoms with Crippen molar-refractivity contribution >= 4 is 27.0 Å². The monoisotopic (exact) mass is 712 g/mol. The van der Waals surface area contributed by atoms with Crippen LogP contribution in [-0.2, 0) is 23.3 Å². The molecule has 240 valence electrons. The molecule has 0 heterocycles. The van der Waals surface area contributed by atoms with Crippen LogP contribution in [0.1, 0.15) is 11.1 Å². The van der Waals surface area contributed by atoms with Crippen molar-refractivity contribution in [2.75, 3.05) is 28.4 Å². The Bertz CT molecular complexity index is 1550. The first-order valence-electron chi connectivity index (χ1n) is 14.6. The van der Waals surface area contributed by atoms with E-state index in [1.165, 1.54) is 61.1 Å². The average Bonchev–Trinajstić information content (AvgIpc) is 3.62. The van der Waals surface area contributed by atoms with Gasteiger partial charge in [-0.2, -0.15) is 12.1 Å². The van der Waals surface area contributed by atoms with Crippen molar-refractivity contribution in [3.63, 3.8) is 0 Å². The molecule has 0 fully saturated rings. The van der Waals surface area contributed by atoms with Gasteiger partial charge in [-0.05, 0) is 35.8 Å². The van der Waals surface area contributed by atoms with Gasteiger partial charge in [0.25, 0.3) is 0 Å². The zero-order valence-electron chi connectivity index (χ0n) is 27.8. The molecule has 0 saturated heterocycles. The second-order valence-corrected chi connectivity index (χ2v) is 19.7. The smallest absolute Gasteiger partial charge is 0.0579 e. The number of hydrogen-bond acceptors (Lipinski definition) is 6. The Balaban J connectivity index is 0.000000205.